The van der Waals surface area contributed by atoms with Gasteiger partial charge in [0.25, 0.3) is 0 Å². The Morgan fingerprint density at radius 3 is 2.50 bits per heavy atom. The molecule has 5 heteroatoms. The van der Waals surface area contributed by atoms with Crippen molar-refractivity contribution in [1.82, 2.24) is 4.98 Å². The largest absolute Gasteiger partial charge is 0.478 e. The minimum absolute atomic E-state index is 0.171. The average molecular weight is 267 g/mol. The lowest BCUT2D eigenvalue weighted by molar-refractivity contribution is 0.0699. The van der Waals surface area contributed by atoms with Gasteiger partial charge in [-0.2, -0.15) is 0 Å². The molecule has 1 heterocycles. The molecule has 0 radical (unpaired) electrons. The maximum Gasteiger partial charge on any atom is 0.337 e. The van der Waals surface area contributed by atoms with Crippen LogP contribution in [-0.2, 0) is 0 Å². The SMILES string of the molecule is CC(C)N.O=C(O)c1cccc2ccc(Cl)nc12. The summed E-state index contributed by atoms with van der Waals surface area (Å²) in [7, 11) is 0. The lowest BCUT2D eigenvalue weighted by Crippen LogP contribution is -2.06. The van der Waals surface area contributed by atoms with Gasteiger partial charge in [0, 0.05) is 5.39 Å². The Morgan fingerprint density at radius 2 is 1.94 bits per heavy atom. The molecular weight excluding hydrogens is 252 g/mol. The Bertz CT molecular complexity index is 553. The van der Waals surface area contributed by atoms with Crippen LogP contribution in [0.5, 0.6) is 0 Å². The maximum absolute atomic E-state index is 10.8. The van der Waals surface area contributed by atoms with Crippen LogP contribution in [0.15, 0.2) is 30.3 Å². The molecule has 0 aliphatic rings. The van der Waals surface area contributed by atoms with Crippen molar-refractivity contribution in [2.24, 2.45) is 5.73 Å². The molecule has 4 nitrogen and oxygen atoms in total. The molecule has 0 atom stereocenters. The number of hydrogen-bond acceptors (Lipinski definition) is 3. The highest BCUT2D eigenvalue weighted by atomic mass is 35.5. The predicted molar refractivity (Wildman–Crippen MR) is 73.0 cm³/mol. The molecule has 2 aromatic rings. The fourth-order valence-electron chi connectivity index (χ4n) is 1.30. The summed E-state index contributed by atoms with van der Waals surface area (Å²) >= 11 is 5.69. The van der Waals surface area contributed by atoms with E-state index in [0.29, 0.717) is 16.7 Å². The van der Waals surface area contributed by atoms with Crippen LogP contribution < -0.4 is 5.73 Å². The van der Waals surface area contributed by atoms with Crippen LogP contribution in [0.1, 0.15) is 24.2 Å². The van der Waals surface area contributed by atoms with Crippen LogP contribution in [-0.4, -0.2) is 22.1 Å². The smallest absolute Gasteiger partial charge is 0.337 e. The zero-order valence-electron chi connectivity index (χ0n) is 10.2. The molecule has 0 amide bonds. The van der Waals surface area contributed by atoms with Gasteiger partial charge >= 0.3 is 5.97 Å². The van der Waals surface area contributed by atoms with E-state index in [1.54, 1.807) is 24.3 Å². The van der Waals surface area contributed by atoms with E-state index >= 15 is 0 Å². The lowest BCUT2D eigenvalue weighted by Gasteiger charge is -2.00. The number of nitrogens with two attached hydrogens (primary N) is 1. The summed E-state index contributed by atoms with van der Waals surface area (Å²) in [5.74, 6) is -0.995. The molecule has 0 fully saturated rings. The number of aromatic carboxylic acids is 1. The summed E-state index contributed by atoms with van der Waals surface area (Å²) in [5, 5.41) is 9.96. The van der Waals surface area contributed by atoms with Crippen LogP contribution >= 0.6 is 11.6 Å². The monoisotopic (exact) mass is 266 g/mol. The summed E-state index contributed by atoms with van der Waals surface area (Å²) in [5.41, 5.74) is 5.71. The molecule has 0 aliphatic heterocycles. The molecule has 18 heavy (non-hydrogen) atoms. The molecule has 1 aromatic carbocycles. The fourth-order valence-corrected chi connectivity index (χ4v) is 1.44. The normalized spacial score (nSPS) is 10.1. The first-order chi connectivity index (χ1) is 8.41. The number of carbonyl (C=O) groups is 1. The number of aromatic nitrogens is 1. The lowest BCUT2D eigenvalue weighted by atomic mass is 10.1. The van der Waals surface area contributed by atoms with Gasteiger partial charge in [0.05, 0.1) is 11.1 Å². The van der Waals surface area contributed by atoms with Crippen molar-refractivity contribution in [3.05, 3.63) is 41.0 Å². The van der Waals surface area contributed by atoms with E-state index in [2.05, 4.69) is 4.98 Å². The number of para-hydroxylation sites is 1. The first-order valence-electron chi connectivity index (χ1n) is 5.46. The third-order valence-electron chi connectivity index (χ3n) is 1.92. The Labute approximate surface area is 110 Å². The molecule has 0 bridgehead atoms. The number of pyridine rings is 1. The van der Waals surface area contributed by atoms with E-state index in [-0.39, 0.29) is 5.56 Å². The number of carboxylic acids is 1. The van der Waals surface area contributed by atoms with E-state index in [4.69, 9.17) is 22.4 Å². The molecule has 0 spiro atoms. The Morgan fingerprint density at radius 1 is 1.33 bits per heavy atom. The number of benzene rings is 1. The van der Waals surface area contributed by atoms with Crippen LogP contribution in [0, 0.1) is 0 Å². The van der Waals surface area contributed by atoms with Crippen molar-refractivity contribution >= 4 is 28.5 Å². The zero-order chi connectivity index (χ0) is 13.7. The van der Waals surface area contributed by atoms with Gasteiger partial charge in [-0.05, 0) is 24.2 Å². The number of hydrogen-bond donors (Lipinski definition) is 2. The Kier molecular flexibility index (Phi) is 5.07. The summed E-state index contributed by atoms with van der Waals surface area (Å²) in [4.78, 5) is 14.8. The number of carboxylic acid groups (broad SMARTS) is 1. The molecule has 0 unspecified atom stereocenters. The quantitative estimate of drug-likeness (QED) is 0.778. The summed E-state index contributed by atoms with van der Waals surface area (Å²) in [6, 6.07) is 8.70. The first-order valence-corrected chi connectivity index (χ1v) is 5.83. The second-order valence-corrected chi connectivity index (χ2v) is 4.45. The van der Waals surface area contributed by atoms with E-state index in [1.165, 1.54) is 6.07 Å². The molecule has 1 aromatic heterocycles. The third-order valence-corrected chi connectivity index (χ3v) is 2.13. The number of fused-ring (bicyclic) bond motifs is 1. The third kappa shape index (κ3) is 3.98. The van der Waals surface area contributed by atoms with Gasteiger partial charge < -0.3 is 10.8 Å². The van der Waals surface area contributed by atoms with Gasteiger partial charge in [-0.1, -0.05) is 37.6 Å². The molecule has 2 rings (SSSR count). The summed E-state index contributed by atoms with van der Waals surface area (Å²) in [6.45, 7) is 3.89. The predicted octanol–water partition coefficient (Wildman–Crippen LogP) is 2.94. The highest BCUT2D eigenvalue weighted by Gasteiger charge is 2.08. The fraction of sp³-hybridized carbons (Fsp3) is 0.231. The van der Waals surface area contributed by atoms with Gasteiger partial charge in [0.2, 0.25) is 0 Å². The maximum atomic E-state index is 10.8. The van der Waals surface area contributed by atoms with Crippen molar-refractivity contribution in [1.29, 1.82) is 0 Å². The van der Waals surface area contributed by atoms with E-state index in [1.807, 2.05) is 13.8 Å². The van der Waals surface area contributed by atoms with Gasteiger partial charge in [-0.15, -0.1) is 0 Å². The molecular formula is C13H15ClN2O2. The van der Waals surface area contributed by atoms with Crippen molar-refractivity contribution < 1.29 is 9.90 Å². The van der Waals surface area contributed by atoms with E-state index in [0.717, 1.165) is 5.39 Å². The second-order valence-electron chi connectivity index (χ2n) is 4.06. The van der Waals surface area contributed by atoms with Gasteiger partial charge in [-0.25, -0.2) is 9.78 Å². The molecule has 96 valence electrons. The molecule has 0 saturated heterocycles. The van der Waals surface area contributed by atoms with Gasteiger partial charge in [-0.3, -0.25) is 0 Å². The summed E-state index contributed by atoms with van der Waals surface area (Å²) < 4.78 is 0. The van der Waals surface area contributed by atoms with Gasteiger partial charge in [0.1, 0.15) is 5.15 Å². The van der Waals surface area contributed by atoms with E-state index in [9.17, 15) is 4.79 Å². The highest BCUT2D eigenvalue weighted by molar-refractivity contribution is 6.29. The number of halogens is 1. The van der Waals surface area contributed by atoms with Crippen LogP contribution in [0.4, 0.5) is 0 Å². The van der Waals surface area contributed by atoms with Gasteiger partial charge in [0.15, 0.2) is 0 Å². The van der Waals surface area contributed by atoms with Crippen molar-refractivity contribution in [3.8, 4) is 0 Å². The van der Waals surface area contributed by atoms with Crippen molar-refractivity contribution in [3.63, 3.8) is 0 Å². The van der Waals surface area contributed by atoms with Crippen LogP contribution in [0.2, 0.25) is 5.15 Å². The topological polar surface area (TPSA) is 76.2 Å². The van der Waals surface area contributed by atoms with Crippen LogP contribution in [0.25, 0.3) is 10.9 Å². The minimum atomic E-state index is -0.995. The van der Waals surface area contributed by atoms with Crippen molar-refractivity contribution in [2.75, 3.05) is 0 Å². The summed E-state index contributed by atoms with van der Waals surface area (Å²) in [6.07, 6.45) is 0. The zero-order valence-corrected chi connectivity index (χ0v) is 11.0. The van der Waals surface area contributed by atoms with Crippen molar-refractivity contribution in [2.45, 2.75) is 19.9 Å². The Balaban J connectivity index is 0.000000357. The second kappa shape index (κ2) is 6.33. The average Bonchev–Trinajstić information content (AvgIpc) is 2.27. The molecule has 0 aliphatic carbocycles. The Hall–Kier alpha value is -1.65. The van der Waals surface area contributed by atoms with E-state index < -0.39 is 5.97 Å². The number of rotatable bonds is 1. The van der Waals surface area contributed by atoms with Crippen LogP contribution in [0.3, 0.4) is 0 Å². The minimum Gasteiger partial charge on any atom is -0.478 e. The molecule has 0 saturated carbocycles. The number of nitrogens with zero attached hydrogens (tertiary/aromatic N) is 1. The molecule has 3 N–H and O–H groups in total. The first kappa shape index (κ1) is 14.4. The highest BCUT2D eigenvalue weighted by Crippen LogP contribution is 2.19. The standard InChI is InChI=1S/C10H6ClNO2.C3H9N/c11-8-5-4-6-2-1-3-7(10(13)14)9(6)12-8;1-3(2)4/h1-5H,(H,13,14);3H,4H2,1-2H3.